The maximum atomic E-state index is 13.3. The summed E-state index contributed by atoms with van der Waals surface area (Å²) >= 11 is 0. The van der Waals surface area contributed by atoms with E-state index in [-0.39, 0.29) is 10.4 Å². The Labute approximate surface area is 107 Å². The topological polar surface area (TPSA) is 58.2 Å². The monoisotopic (exact) mass is 272 g/mol. The van der Waals surface area contributed by atoms with Crippen molar-refractivity contribution in [2.75, 3.05) is 7.05 Å². The Bertz CT molecular complexity index is 553. The van der Waals surface area contributed by atoms with E-state index in [0.29, 0.717) is 12.1 Å². The Morgan fingerprint density at radius 2 is 2.06 bits per heavy atom. The molecular weight excluding hydrogens is 255 g/mol. The Kier molecular flexibility index (Phi) is 3.44. The Balaban J connectivity index is 2.38. The first kappa shape index (κ1) is 13.5. The molecule has 0 aliphatic heterocycles. The van der Waals surface area contributed by atoms with Crippen molar-refractivity contribution in [3.8, 4) is 0 Å². The van der Waals surface area contributed by atoms with E-state index in [1.165, 1.54) is 12.1 Å². The lowest BCUT2D eigenvalue weighted by Crippen LogP contribution is -2.35. The molecule has 2 rings (SSSR count). The van der Waals surface area contributed by atoms with Crippen LogP contribution in [0.2, 0.25) is 0 Å². The molecule has 0 spiro atoms. The van der Waals surface area contributed by atoms with Crippen molar-refractivity contribution < 1.29 is 12.8 Å². The highest BCUT2D eigenvalue weighted by Crippen LogP contribution is 2.36. The lowest BCUT2D eigenvalue weighted by atomic mass is 10.2. The fourth-order valence-electron chi connectivity index (χ4n) is 1.78. The molecule has 0 heterocycles. The standard InChI is InChI=1S/C12H17FN2O2S/c1-12(5-6-12)15-18(16,17)11-7-10(13)4-3-9(11)8-14-2/h3-4,7,14-15H,5-6,8H2,1-2H3. The van der Waals surface area contributed by atoms with Crippen molar-refractivity contribution >= 4 is 10.0 Å². The summed E-state index contributed by atoms with van der Waals surface area (Å²) in [4.78, 5) is 0.0185. The van der Waals surface area contributed by atoms with E-state index in [9.17, 15) is 12.8 Å². The van der Waals surface area contributed by atoms with Crippen LogP contribution in [0.5, 0.6) is 0 Å². The summed E-state index contributed by atoms with van der Waals surface area (Å²) in [5, 5.41) is 2.88. The van der Waals surface area contributed by atoms with Crippen molar-refractivity contribution in [3.05, 3.63) is 29.6 Å². The molecule has 6 heteroatoms. The molecule has 1 aliphatic carbocycles. The third kappa shape index (κ3) is 2.88. The lowest BCUT2D eigenvalue weighted by Gasteiger charge is -2.15. The fraction of sp³-hybridized carbons (Fsp3) is 0.500. The van der Waals surface area contributed by atoms with Crippen LogP contribution >= 0.6 is 0 Å². The van der Waals surface area contributed by atoms with Crippen molar-refractivity contribution in [1.82, 2.24) is 10.0 Å². The van der Waals surface area contributed by atoms with Crippen LogP contribution in [-0.2, 0) is 16.6 Å². The summed E-state index contributed by atoms with van der Waals surface area (Å²) in [6, 6.07) is 3.83. The second-order valence-electron chi connectivity index (χ2n) is 4.95. The molecule has 0 radical (unpaired) electrons. The Morgan fingerprint density at radius 1 is 1.39 bits per heavy atom. The van der Waals surface area contributed by atoms with Crippen LogP contribution in [0, 0.1) is 5.82 Å². The number of rotatable bonds is 5. The van der Waals surface area contributed by atoms with Crippen molar-refractivity contribution in [2.24, 2.45) is 0 Å². The van der Waals surface area contributed by atoms with E-state index in [4.69, 9.17) is 0 Å². The first-order chi connectivity index (χ1) is 8.36. The molecule has 0 unspecified atom stereocenters. The molecule has 1 fully saturated rings. The Morgan fingerprint density at radius 3 is 2.61 bits per heavy atom. The van der Waals surface area contributed by atoms with Crippen molar-refractivity contribution in [2.45, 2.75) is 36.7 Å². The number of hydrogen-bond donors (Lipinski definition) is 2. The maximum Gasteiger partial charge on any atom is 0.241 e. The second-order valence-corrected chi connectivity index (χ2v) is 6.60. The summed E-state index contributed by atoms with van der Waals surface area (Å²) in [6.45, 7) is 2.23. The summed E-state index contributed by atoms with van der Waals surface area (Å²) in [5.41, 5.74) is 0.206. The van der Waals surface area contributed by atoms with Crippen LogP contribution in [-0.4, -0.2) is 21.0 Å². The van der Waals surface area contributed by atoms with Gasteiger partial charge in [0.2, 0.25) is 10.0 Å². The van der Waals surface area contributed by atoms with Gasteiger partial charge < -0.3 is 5.32 Å². The second kappa shape index (κ2) is 4.60. The number of nitrogens with one attached hydrogen (secondary N) is 2. The van der Waals surface area contributed by atoms with Gasteiger partial charge in [0.25, 0.3) is 0 Å². The third-order valence-electron chi connectivity index (χ3n) is 3.07. The van der Waals surface area contributed by atoms with Gasteiger partial charge in [0.1, 0.15) is 5.82 Å². The predicted octanol–water partition coefficient (Wildman–Crippen LogP) is 1.38. The van der Waals surface area contributed by atoms with Gasteiger partial charge in [-0.25, -0.2) is 17.5 Å². The number of halogens is 1. The summed E-state index contributed by atoms with van der Waals surface area (Å²) in [6.07, 6.45) is 1.64. The fourth-order valence-corrected chi connectivity index (χ4v) is 3.50. The highest BCUT2D eigenvalue weighted by molar-refractivity contribution is 7.89. The predicted molar refractivity (Wildman–Crippen MR) is 67.1 cm³/mol. The first-order valence-electron chi connectivity index (χ1n) is 5.83. The third-order valence-corrected chi connectivity index (χ3v) is 4.79. The van der Waals surface area contributed by atoms with Gasteiger partial charge in [-0.15, -0.1) is 0 Å². The molecule has 4 nitrogen and oxygen atoms in total. The highest BCUT2D eigenvalue weighted by atomic mass is 32.2. The van der Waals surface area contributed by atoms with E-state index >= 15 is 0 Å². The van der Waals surface area contributed by atoms with Crippen LogP contribution in [0.4, 0.5) is 4.39 Å². The normalized spacial score (nSPS) is 17.7. The summed E-state index contributed by atoms with van der Waals surface area (Å²) in [5.74, 6) is -0.545. The van der Waals surface area contributed by atoms with Crippen LogP contribution in [0.15, 0.2) is 23.1 Å². The van der Waals surface area contributed by atoms with E-state index in [0.717, 1.165) is 18.9 Å². The van der Waals surface area contributed by atoms with E-state index < -0.39 is 15.8 Å². The van der Waals surface area contributed by atoms with Crippen LogP contribution in [0.25, 0.3) is 0 Å². The molecule has 0 saturated heterocycles. The minimum atomic E-state index is -3.66. The van der Waals surface area contributed by atoms with Crippen LogP contribution in [0.1, 0.15) is 25.3 Å². The van der Waals surface area contributed by atoms with Gasteiger partial charge >= 0.3 is 0 Å². The minimum Gasteiger partial charge on any atom is -0.316 e. The summed E-state index contributed by atoms with van der Waals surface area (Å²) in [7, 11) is -1.94. The molecular formula is C12H17FN2O2S. The zero-order valence-electron chi connectivity index (χ0n) is 10.5. The van der Waals surface area contributed by atoms with Gasteiger partial charge in [0, 0.05) is 12.1 Å². The number of benzene rings is 1. The van der Waals surface area contributed by atoms with Gasteiger partial charge in [-0.1, -0.05) is 6.07 Å². The largest absolute Gasteiger partial charge is 0.316 e. The SMILES string of the molecule is CNCc1ccc(F)cc1S(=O)(=O)NC1(C)CC1. The van der Waals surface area contributed by atoms with E-state index in [1.807, 2.05) is 6.92 Å². The number of hydrogen-bond acceptors (Lipinski definition) is 3. The van der Waals surface area contributed by atoms with Gasteiger partial charge in [0.15, 0.2) is 0 Å². The summed E-state index contributed by atoms with van der Waals surface area (Å²) < 4.78 is 40.3. The van der Waals surface area contributed by atoms with E-state index in [2.05, 4.69) is 10.0 Å². The van der Waals surface area contributed by atoms with Gasteiger partial charge in [0.05, 0.1) is 4.90 Å². The smallest absolute Gasteiger partial charge is 0.241 e. The molecule has 1 aromatic carbocycles. The molecule has 0 aromatic heterocycles. The van der Waals surface area contributed by atoms with Gasteiger partial charge in [-0.2, -0.15) is 0 Å². The van der Waals surface area contributed by atoms with Crippen LogP contribution < -0.4 is 10.0 Å². The molecule has 18 heavy (non-hydrogen) atoms. The Hall–Kier alpha value is -0.980. The average Bonchev–Trinajstić information content (AvgIpc) is 2.98. The van der Waals surface area contributed by atoms with E-state index in [1.54, 1.807) is 7.05 Å². The van der Waals surface area contributed by atoms with Crippen molar-refractivity contribution in [1.29, 1.82) is 0 Å². The molecule has 0 atom stereocenters. The average molecular weight is 272 g/mol. The molecule has 1 saturated carbocycles. The first-order valence-corrected chi connectivity index (χ1v) is 7.32. The zero-order valence-corrected chi connectivity index (χ0v) is 11.3. The molecule has 1 aliphatic rings. The lowest BCUT2D eigenvalue weighted by molar-refractivity contribution is 0.553. The minimum absolute atomic E-state index is 0.0185. The number of sulfonamides is 1. The molecule has 1 aromatic rings. The molecule has 0 amide bonds. The highest BCUT2D eigenvalue weighted by Gasteiger charge is 2.41. The quantitative estimate of drug-likeness (QED) is 0.851. The van der Waals surface area contributed by atoms with Crippen molar-refractivity contribution in [3.63, 3.8) is 0 Å². The maximum absolute atomic E-state index is 13.3. The van der Waals surface area contributed by atoms with Gasteiger partial charge in [-0.05, 0) is 44.5 Å². The molecule has 2 N–H and O–H groups in total. The molecule has 0 bridgehead atoms. The molecule has 100 valence electrons. The van der Waals surface area contributed by atoms with Crippen LogP contribution in [0.3, 0.4) is 0 Å². The van der Waals surface area contributed by atoms with Gasteiger partial charge in [-0.3, -0.25) is 0 Å². The zero-order chi connectivity index (χ0) is 13.4.